The summed E-state index contributed by atoms with van der Waals surface area (Å²) in [4.78, 5) is 28.9. The zero-order valence-corrected chi connectivity index (χ0v) is 19.4. The maximum Gasteiger partial charge on any atom is 0.359 e. The molecule has 0 aliphatic heterocycles. The molecule has 0 aliphatic carbocycles. The molecule has 0 bridgehead atoms. The predicted octanol–water partition coefficient (Wildman–Crippen LogP) is 6.35. The Hall–Kier alpha value is -2.80. The van der Waals surface area contributed by atoms with Crippen LogP contribution in [0.2, 0.25) is 15.1 Å². The van der Waals surface area contributed by atoms with Gasteiger partial charge in [0, 0.05) is 40.2 Å². The first kappa shape index (κ1) is 22.4. The number of carbonyl (C=O) groups is 2. The number of aryl methyl sites for hydroxylation is 1. The normalized spacial score (nSPS) is 12.2. The lowest BCUT2D eigenvalue weighted by Crippen LogP contribution is -2.30. The fraction of sp³-hybridized carbons (Fsp3) is 0.174. The van der Waals surface area contributed by atoms with Crippen LogP contribution in [0.25, 0.3) is 21.8 Å². The number of fused-ring (bicyclic) bond motifs is 3. The van der Waals surface area contributed by atoms with Crippen LogP contribution in [0.1, 0.15) is 24.3 Å². The molecule has 1 unspecified atom stereocenters. The molecule has 1 N–H and O–H groups in total. The monoisotopic (exact) mass is 489 g/mol. The number of hydrogen-bond acceptors (Lipinski definition) is 4. The molecule has 0 saturated carbocycles. The molecule has 2 aromatic heterocycles. The second-order valence-corrected chi connectivity index (χ2v) is 8.28. The van der Waals surface area contributed by atoms with E-state index in [1.54, 1.807) is 0 Å². The van der Waals surface area contributed by atoms with Crippen LogP contribution >= 0.6 is 34.8 Å². The SMILES string of the molecule is CCn1c2ccccc2c2cc(NC(=O)C(C)OC(=O)c3ncc(Cl)c(Cl)c3Cl)ccc21. The van der Waals surface area contributed by atoms with E-state index in [4.69, 9.17) is 39.5 Å². The molecule has 0 saturated heterocycles. The van der Waals surface area contributed by atoms with E-state index in [9.17, 15) is 9.59 Å². The van der Waals surface area contributed by atoms with Gasteiger partial charge in [0.15, 0.2) is 11.8 Å². The zero-order valence-electron chi connectivity index (χ0n) is 17.2. The maximum absolute atomic E-state index is 12.7. The third-order valence-corrected chi connectivity index (χ3v) is 6.36. The van der Waals surface area contributed by atoms with Crippen LogP contribution in [-0.2, 0) is 16.1 Å². The molecule has 2 heterocycles. The largest absolute Gasteiger partial charge is 0.448 e. The van der Waals surface area contributed by atoms with Crippen molar-refractivity contribution in [1.82, 2.24) is 9.55 Å². The van der Waals surface area contributed by atoms with Crippen molar-refractivity contribution in [3.63, 3.8) is 0 Å². The van der Waals surface area contributed by atoms with Crippen molar-refractivity contribution in [3.8, 4) is 0 Å². The van der Waals surface area contributed by atoms with Crippen molar-refractivity contribution in [2.75, 3.05) is 5.32 Å². The van der Waals surface area contributed by atoms with Crippen molar-refractivity contribution in [2.24, 2.45) is 0 Å². The Balaban J connectivity index is 1.54. The van der Waals surface area contributed by atoms with E-state index in [-0.39, 0.29) is 20.8 Å². The number of para-hydroxylation sites is 1. The highest BCUT2D eigenvalue weighted by Gasteiger charge is 2.24. The number of anilines is 1. The second kappa shape index (κ2) is 8.98. The molecular weight excluding hydrogens is 473 g/mol. The minimum absolute atomic E-state index is 0.00747. The van der Waals surface area contributed by atoms with Crippen molar-refractivity contribution < 1.29 is 14.3 Å². The lowest BCUT2D eigenvalue weighted by atomic mass is 10.1. The highest BCUT2D eigenvalue weighted by atomic mass is 35.5. The van der Waals surface area contributed by atoms with E-state index >= 15 is 0 Å². The minimum atomic E-state index is -1.09. The Labute approximate surface area is 199 Å². The highest BCUT2D eigenvalue weighted by Crippen LogP contribution is 2.32. The van der Waals surface area contributed by atoms with E-state index in [0.717, 1.165) is 28.4 Å². The van der Waals surface area contributed by atoms with Crippen molar-refractivity contribution in [2.45, 2.75) is 26.5 Å². The fourth-order valence-corrected chi connectivity index (χ4v) is 4.13. The van der Waals surface area contributed by atoms with Gasteiger partial charge in [-0.25, -0.2) is 9.78 Å². The van der Waals surface area contributed by atoms with Crippen LogP contribution in [0.15, 0.2) is 48.7 Å². The molecule has 0 radical (unpaired) electrons. The lowest BCUT2D eigenvalue weighted by Gasteiger charge is -2.14. The molecule has 4 aromatic rings. The molecule has 0 spiro atoms. The summed E-state index contributed by atoms with van der Waals surface area (Å²) in [6, 6.07) is 13.8. The van der Waals surface area contributed by atoms with Gasteiger partial charge in [0.25, 0.3) is 5.91 Å². The van der Waals surface area contributed by atoms with Gasteiger partial charge in [-0.15, -0.1) is 0 Å². The summed E-state index contributed by atoms with van der Waals surface area (Å²) in [5, 5.41) is 4.89. The second-order valence-electron chi connectivity index (χ2n) is 7.11. The van der Waals surface area contributed by atoms with Gasteiger partial charge in [-0.05, 0) is 38.1 Å². The van der Waals surface area contributed by atoms with Gasteiger partial charge < -0.3 is 14.6 Å². The number of nitrogens with zero attached hydrogens (tertiary/aromatic N) is 2. The average Bonchev–Trinajstić information content (AvgIpc) is 3.10. The minimum Gasteiger partial charge on any atom is -0.448 e. The maximum atomic E-state index is 12.7. The molecule has 4 rings (SSSR count). The smallest absolute Gasteiger partial charge is 0.359 e. The summed E-state index contributed by atoms with van der Waals surface area (Å²) in [5.41, 5.74) is 2.58. The van der Waals surface area contributed by atoms with Crippen LogP contribution < -0.4 is 5.32 Å². The number of ether oxygens (including phenoxy) is 1. The Morgan fingerprint density at radius 1 is 1.06 bits per heavy atom. The van der Waals surface area contributed by atoms with Crippen LogP contribution in [0.3, 0.4) is 0 Å². The summed E-state index contributed by atoms with van der Waals surface area (Å²) in [7, 11) is 0. The van der Waals surface area contributed by atoms with Gasteiger partial charge in [0.2, 0.25) is 0 Å². The average molecular weight is 491 g/mol. The molecule has 164 valence electrons. The summed E-state index contributed by atoms with van der Waals surface area (Å²) in [5.74, 6) is -1.37. The van der Waals surface area contributed by atoms with Gasteiger partial charge in [-0.3, -0.25) is 4.79 Å². The standard InChI is InChI=1S/C23H18Cl3N3O3/c1-3-29-17-7-5-4-6-14(17)15-10-13(8-9-18(15)29)28-22(30)12(2)32-23(31)21-20(26)19(25)16(24)11-27-21/h4-12H,3H2,1-2H3,(H,28,30). The van der Waals surface area contributed by atoms with E-state index in [2.05, 4.69) is 27.9 Å². The van der Waals surface area contributed by atoms with Gasteiger partial charge in [-0.2, -0.15) is 0 Å². The van der Waals surface area contributed by atoms with Crippen molar-refractivity contribution in [1.29, 1.82) is 0 Å². The van der Waals surface area contributed by atoms with Gasteiger partial charge in [0.05, 0.1) is 15.1 Å². The van der Waals surface area contributed by atoms with Gasteiger partial charge in [0.1, 0.15) is 0 Å². The van der Waals surface area contributed by atoms with E-state index in [0.29, 0.717) is 5.69 Å². The summed E-state index contributed by atoms with van der Waals surface area (Å²) < 4.78 is 7.44. The third-order valence-electron chi connectivity index (χ3n) is 5.12. The molecule has 0 aliphatic rings. The Morgan fingerprint density at radius 2 is 1.78 bits per heavy atom. The molecule has 6 nitrogen and oxygen atoms in total. The fourth-order valence-electron chi connectivity index (χ4n) is 3.57. The molecule has 1 amide bonds. The quantitative estimate of drug-likeness (QED) is 0.331. The number of halogens is 3. The summed E-state index contributed by atoms with van der Waals surface area (Å²) >= 11 is 17.8. The molecule has 32 heavy (non-hydrogen) atoms. The number of pyridine rings is 1. The molecule has 9 heteroatoms. The predicted molar refractivity (Wildman–Crippen MR) is 128 cm³/mol. The summed E-state index contributed by atoms with van der Waals surface area (Å²) in [6.07, 6.45) is 0.0986. The zero-order chi connectivity index (χ0) is 23.0. The number of esters is 1. The van der Waals surface area contributed by atoms with Crippen LogP contribution in [-0.4, -0.2) is 27.5 Å². The number of hydrogen-bond donors (Lipinski definition) is 1. The molecular formula is C23H18Cl3N3O3. The highest BCUT2D eigenvalue weighted by molar-refractivity contribution is 6.48. The number of nitrogens with one attached hydrogen (secondary N) is 1. The molecule has 2 aromatic carbocycles. The first-order valence-corrected chi connectivity index (χ1v) is 11.0. The van der Waals surface area contributed by atoms with Crippen LogP contribution in [0.4, 0.5) is 5.69 Å². The molecule has 0 fully saturated rings. The van der Waals surface area contributed by atoms with Gasteiger partial charge >= 0.3 is 5.97 Å². The first-order valence-electron chi connectivity index (χ1n) is 9.84. The summed E-state index contributed by atoms with van der Waals surface area (Å²) in [6.45, 7) is 4.38. The van der Waals surface area contributed by atoms with Crippen LogP contribution in [0.5, 0.6) is 0 Å². The Bertz CT molecular complexity index is 1370. The third kappa shape index (κ3) is 4.01. The van der Waals surface area contributed by atoms with E-state index in [1.165, 1.54) is 13.1 Å². The number of amides is 1. The topological polar surface area (TPSA) is 73.2 Å². The number of carbonyl (C=O) groups excluding carboxylic acids is 2. The van der Waals surface area contributed by atoms with Gasteiger partial charge in [-0.1, -0.05) is 53.0 Å². The van der Waals surface area contributed by atoms with Crippen molar-refractivity contribution >= 4 is 74.2 Å². The number of aromatic nitrogens is 2. The van der Waals surface area contributed by atoms with E-state index in [1.807, 2.05) is 36.4 Å². The van der Waals surface area contributed by atoms with E-state index < -0.39 is 18.0 Å². The Morgan fingerprint density at radius 3 is 2.53 bits per heavy atom. The number of rotatable bonds is 5. The Kier molecular flexibility index (Phi) is 6.29. The first-order chi connectivity index (χ1) is 15.3. The lowest BCUT2D eigenvalue weighted by molar-refractivity contribution is -0.123. The molecule has 1 atom stereocenters. The van der Waals surface area contributed by atoms with Crippen LogP contribution in [0, 0.1) is 0 Å². The van der Waals surface area contributed by atoms with Crippen molar-refractivity contribution in [3.05, 3.63) is 69.4 Å². The number of benzene rings is 2.